The first-order valence-electron chi connectivity index (χ1n) is 7.60. The summed E-state index contributed by atoms with van der Waals surface area (Å²) in [7, 11) is 0. The molecule has 4 rings (SSSR count). The van der Waals surface area contributed by atoms with E-state index in [1.165, 1.54) is 6.07 Å². The van der Waals surface area contributed by atoms with Gasteiger partial charge in [0.05, 0.1) is 5.56 Å². The van der Waals surface area contributed by atoms with E-state index in [0.29, 0.717) is 18.1 Å². The minimum absolute atomic E-state index is 0.266. The van der Waals surface area contributed by atoms with Gasteiger partial charge in [-0.15, -0.1) is 0 Å². The fourth-order valence-corrected chi connectivity index (χ4v) is 3.42. The first kappa shape index (κ1) is 15.4. The average Bonchev–Trinajstić information content (AvgIpc) is 2.98. The molecule has 0 saturated carbocycles. The third kappa shape index (κ3) is 2.23. The van der Waals surface area contributed by atoms with Crippen molar-refractivity contribution in [1.82, 2.24) is 0 Å². The van der Waals surface area contributed by atoms with Crippen LogP contribution in [-0.2, 0) is 6.42 Å². The zero-order chi connectivity index (χ0) is 17.7. The van der Waals surface area contributed by atoms with Crippen molar-refractivity contribution in [1.29, 1.82) is 0 Å². The van der Waals surface area contributed by atoms with Crippen LogP contribution in [0.3, 0.4) is 0 Å². The van der Waals surface area contributed by atoms with E-state index in [1.807, 2.05) is 30.3 Å². The van der Waals surface area contributed by atoms with Crippen LogP contribution in [0, 0.1) is 17.5 Å². The summed E-state index contributed by atoms with van der Waals surface area (Å²) in [5, 5.41) is 9.33. The number of rotatable bonds is 2. The summed E-state index contributed by atoms with van der Waals surface area (Å²) in [5.41, 5.74) is 2.79. The number of hydrogen-bond acceptors (Lipinski definition) is 1. The molecular formula is C20H11F3O2. The van der Waals surface area contributed by atoms with Crippen LogP contribution in [0.15, 0.2) is 48.5 Å². The molecule has 0 saturated heterocycles. The van der Waals surface area contributed by atoms with Crippen molar-refractivity contribution in [3.63, 3.8) is 0 Å². The van der Waals surface area contributed by atoms with E-state index in [9.17, 15) is 23.1 Å². The molecule has 0 heterocycles. The molecule has 3 aromatic rings. The van der Waals surface area contributed by atoms with E-state index >= 15 is 0 Å². The quantitative estimate of drug-likeness (QED) is 0.519. The fraction of sp³-hybridized carbons (Fsp3) is 0.0500. The highest BCUT2D eigenvalue weighted by Gasteiger charge is 2.28. The van der Waals surface area contributed by atoms with Crippen molar-refractivity contribution in [2.24, 2.45) is 0 Å². The number of benzene rings is 3. The SMILES string of the molecule is O=C(O)c1cc(F)c(F)c(F)c1-c1cccc2c1Cc1ccccc1-2. The fourth-order valence-electron chi connectivity index (χ4n) is 3.42. The molecule has 0 unspecified atom stereocenters. The first-order chi connectivity index (χ1) is 12.0. The summed E-state index contributed by atoms with van der Waals surface area (Å²) in [6, 6.07) is 13.2. The summed E-state index contributed by atoms with van der Waals surface area (Å²) in [5.74, 6) is -6.19. The summed E-state index contributed by atoms with van der Waals surface area (Å²) in [6.45, 7) is 0. The van der Waals surface area contributed by atoms with Crippen molar-refractivity contribution in [3.8, 4) is 22.3 Å². The Kier molecular flexibility index (Phi) is 3.39. The van der Waals surface area contributed by atoms with Gasteiger partial charge in [-0.25, -0.2) is 18.0 Å². The molecule has 0 spiro atoms. The standard InChI is InChI=1S/C20H11F3O2/c21-16-9-15(20(24)25)17(19(23)18(16)22)13-7-3-6-12-11-5-2-1-4-10(11)8-14(12)13/h1-7,9H,8H2,(H,24,25). The molecule has 0 fully saturated rings. The summed E-state index contributed by atoms with van der Waals surface area (Å²) >= 11 is 0. The van der Waals surface area contributed by atoms with Crippen molar-refractivity contribution in [2.75, 3.05) is 0 Å². The Morgan fingerprint density at radius 1 is 0.880 bits per heavy atom. The number of carboxylic acids is 1. The van der Waals surface area contributed by atoms with Gasteiger partial charge in [-0.05, 0) is 40.3 Å². The number of hydrogen-bond donors (Lipinski definition) is 1. The molecule has 1 N–H and O–H groups in total. The van der Waals surface area contributed by atoms with Crippen LogP contribution >= 0.6 is 0 Å². The lowest BCUT2D eigenvalue weighted by molar-refractivity contribution is 0.0696. The number of carboxylic acid groups (broad SMARTS) is 1. The molecule has 0 bridgehead atoms. The monoisotopic (exact) mass is 340 g/mol. The zero-order valence-corrected chi connectivity index (χ0v) is 12.8. The molecule has 1 aliphatic rings. The van der Waals surface area contributed by atoms with E-state index in [1.54, 1.807) is 6.07 Å². The van der Waals surface area contributed by atoms with E-state index in [2.05, 4.69) is 0 Å². The number of aromatic carboxylic acids is 1. The second-order valence-corrected chi connectivity index (χ2v) is 5.88. The maximum absolute atomic E-state index is 14.5. The van der Waals surface area contributed by atoms with Gasteiger partial charge in [0, 0.05) is 5.56 Å². The van der Waals surface area contributed by atoms with Gasteiger partial charge in [0.2, 0.25) is 0 Å². The number of fused-ring (bicyclic) bond motifs is 3. The highest BCUT2D eigenvalue weighted by Crippen LogP contribution is 2.43. The van der Waals surface area contributed by atoms with Crippen LogP contribution in [0.25, 0.3) is 22.3 Å². The molecular weight excluding hydrogens is 329 g/mol. The molecule has 5 heteroatoms. The molecule has 2 nitrogen and oxygen atoms in total. The molecule has 0 radical (unpaired) electrons. The van der Waals surface area contributed by atoms with E-state index in [4.69, 9.17) is 0 Å². The van der Waals surface area contributed by atoms with Crippen molar-refractivity contribution in [2.45, 2.75) is 6.42 Å². The van der Waals surface area contributed by atoms with Crippen molar-refractivity contribution >= 4 is 5.97 Å². The predicted molar refractivity (Wildman–Crippen MR) is 87.0 cm³/mol. The van der Waals surface area contributed by atoms with Gasteiger partial charge in [0.1, 0.15) is 0 Å². The van der Waals surface area contributed by atoms with Gasteiger partial charge in [0.15, 0.2) is 17.5 Å². The number of halogens is 3. The summed E-state index contributed by atoms with van der Waals surface area (Å²) in [6.07, 6.45) is 0.471. The molecule has 0 aromatic heterocycles. The van der Waals surface area contributed by atoms with Crippen LogP contribution in [0.1, 0.15) is 21.5 Å². The lowest BCUT2D eigenvalue weighted by atomic mass is 9.92. The third-order valence-electron chi connectivity index (χ3n) is 4.51. The molecule has 0 amide bonds. The molecule has 0 atom stereocenters. The Labute approximate surface area is 141 Å². The van der Waals surface area contributed by atoms with Crippen LogP contribution in [0.5, 0.6) is 0 Å². The first-order valence-corrected chi connectivity index (χ1v) is 7.60. The molecule has 0 aliphatic heterocycles. The van der Waals surface area contributed by atoms with Crippen molar-refractivity contribution < 1.29 is 23.1 Å². The topological polar surface area (TPSA) is 37.3 Å². The van der Waals surface area contributed by atoms with Crippen LogP contribution in [0.2, 0.25) is 0 Å². The minimum atomic E-state index is -1.67. The highest BCUT2D eigenvalue weighted by atomic mass is 19.2. The number of carbonyl (C=O) groups is 1. The van der Waals surface area contributed by atoms with Gasteiger partial charge in [-0.3, -0.25) is 0 Å². The van der Waals surface area contributed by atoms with Gasteiger partial charge in [0.25, 0.3) is 0 Å². The largest absolute Gasteiger partial charge is 0.478 e. The van der Waals surface area contributed by atoms with E-state index in [0.717, 1.165) is 16.7 Å². The maximum Gasteiger partial charge on any atom is 0.336 e. The molecule has 3 aromatic carbocycles. The van der Waals surface area contributed by atoms with Crippen LogP contribution in [0.4, 0.5) is 13.2 Å². The smallest absolute Gasteiger partial charge is 0.336 e. The van der Waals surface area contributed by atoms with Gasteiger partial charge in [-0.1, -0.05) is 42.5 Å². The Morgan fingerprint density at radius 2 is 1.56 bits per heavy atom. The Morgan fingerprint density at radius 3 is 2.32 bits per heavy atom. The molecule has 1 aliphatic carbocycles. The minimum Gasteiger partial charge on any atom is -0.478 e. The maximum atomic E-state index is 14.5. The average molecular weight is 340 g/mol. The van der Waals surface area contributed by atoms with Crippen LogP contribution < -0.4 is 0 Å². The second-order valence-electron chi connectivity index (χ2n) is 5.88. The van der Waals surface area contributed by atoms with Crippen molar-refractivity contribution in [3.05, 3.63) is 82.7 Å². The van der Waals surface area contributed by atoms with E-state index < -0.39 is 34.5 Å². The van der Waals surface area contributed by atoms with Gasteiger partial charge in [-0.2, -0.15) is 0 Å². The van der Waals surface area contributed by atoms with Gasteiger partial charge < -0.3 is 5.11 Å². The molecule has 124 valence electrons. The second kappa shape index (κ2) is 5.48. The normalized spacial score (nSPS) is 12.0. The third-order valence-corrected chi connectivity index (χ3v) is 4.51. The Balaban J connectivity index is 2.03. The summed E-state index contributed by atoms with van der Waals surface area (Å²) in [4.78, 5) is 11.5. The Hall–Kier alpha value is -3.08. The van der Waals surface area contributed by atoms with Crippen LogP contribution in [-0.4, -0.2) is 11.1 Å². The molecule has 25 heavy (non-hydrogen) atoms. The predicted octanol–water partition coefficient (Wildman–Crippen LogP) is 5.04. The summed E-state index contributed by atoms with van der Waals surface area (Å²) < 4.78 is 41.8. The zero-order valence-electron chi connectivity index (χ0n) is 12.8. The highest BCUT2D eigenvalue weighted by molar-refractivity contribution is 5.98. The lowest BCUT2D eigenvalue weighted by Crippen LogP contribution is -2.07. The Bertz CT molecular complexity index is 1040. The lowest BCUT2D eigenvalue weighted by Gasteiger charge is -2.13. The van der Waals surface area contributed by atoms with Gasteiger partial charge >= 0.3 is 5.97 Å². The van der Waals surface area contributed by atoms with E-state index in [-0.39, 0.29) is 5.56 Å².